The molecule has 0 aliphatic rings. The number of rotatable bonds is 6. The van der Waals surface area contributed by atoms with E-state index in [-0.39, 0.29) is 23.9 Å². The highest BCUT2D eigenvalue weighted by atomic mass is 16.5. The van der Waals surface area contributed by atoms with Gasteiger partial charge in [0.05, 0.1) is 19.8 Å². The zero-order valence-electron chi connectivity index (χ0n) is 11.1. The Hall–Kier alpha value is -1.84. The summed E-state index contributed by atoms with van der Waals surface area (Å²) in [4.78, 5) is 23.3. The normalized spacial score (nSPS) is 11.8. The number of carbonyl (C=O) groups is 2. The summed E-state index contributed by atoms with van der Waals surface area (Å²) in [5, 5.41) is 0. The molecular formula is C14H18O4. The molecule has 0 fully saturated rings. The molecule has 0 amide bonds. The van der Waals surface area contributed by atoms with Crippen LogP contribution in [0.25, 0.3) is 0 Å². The summed E-state index contributed by atoms with van der Waals surface area (Å²) in [7, 11) is 3.01. The van der Waals surface area contributed by atoms with E-state index in [4.69, 9.17) is 9.47 Å². The molecule has 1 aromatic carbocycles. The third-order valence-electron chi connectivity index (χ3n) is 2.71. The molecule has 1 unspecified atom stereocenters. The van der Waals surface area contributed by atoms with E-state index in [1.807, 2.05) is 0 Å². The Kier molecular flexibility index (Phi) is 4.89. The minimum atomic E-state index is -0.358. The van der Waals surface area contributed by atoms with E-state index >= 15 is 0 Å². The molecule has 0 aliphatic heterocycles. The van der Waals surface area contributed by atoms with Crippen molar-refractivity contribution in [3.05, 3.63) is 23.8 Å². The molecule has 0 N–H and O–H groups in total. The lowest BCUT2D eigenvalue weighted by atomic mass is 9.94. The lowest BCUT2D eigenvalue weighted by Gasteiger charge is -2.14. The molecule has 1 rings (SSSR count). The van der Waals surface area contributed by atoms with Gasteiger partial charge >= 0.3 is 0 Å². The van der Waals surface area contributed by atoms with Crippen LogP contribution < -0.4 is 9.47 Å². The zero-order chi connectivity index (χ0) is 13.7. The van der Waals surface area contributed by atoms with Crippen molar-refractivity contribution in [2.75, 3.05) is 14.2 Å². The number of methoxy groups -OCH3 is 2. The van der Waals surface area contributed by atoms with Gasteiger partial charge in [-0.1, -0.05) is 13.0 Å². The topological polar surface area (TPSA) is 52.6 Å². The predicted octanol–water partition coefficient (Wildman–Crippen LogP) is 2.50. The van der Waals surface area contributed by atoms with Crippen LogP contribution in [0.2, 0.25) is 0 Å². The van der Waals surface area contributed by atoms with Gasteiger partial charge in [-0.3, -0.25) is 4.79 Å². The molecule has 1 atom stereocenters. The summed E-state index contributed by atoms with van der Waals surface area (Å²) in [5.41, 5.74) is 0.450. The van der Waals surface area contributed by atoms with E-state index in [9.17, 15) is 9.59 Å². The molecule has 0 saturated heterocycles. The molecule has 0 aliphatic carbocycles. The third-order valence-corrected chi connectivity index (χ3v) is 2.71. The predicted molar refractivity (Wildman–Crippen MR) is 68.3 cm³/mol. The van der Waals surface area contributed by atoms with Gasteiger partial charge in [-0.15, -0.1) is 0 Å². The van der Waals surface area contributed by atoms with Crippen molar-refractivity contribution < 1.29 is 19.1 Å². The number of ketones is 2. The summed E-state index contributed by atoms with van der Waals surface area (Å²) < 4.78 is 10.4. The lowest BCUT2D eigenvalue weighted by Crippen LogP contribution is -2.15. The average Bonchev–Trinajstić information content (AvgIpc) is 2.35. The zero-order valence-corrected chi connectivity index (χ0v) is 11.1. The van der Waals surface area contributed by atoms with Gasteiger partial charge in [-0.25, -0.2) is 0 Å². The van der Waals surface area contributed by atoms with Crippen molar-refractivity contribution in [3.8, 4) is 11.5 Å². The number of carbonyl (C=O) groups excluding carboxylic acids is 2. The van der Waals surface area contributed by atoms with Crippen LogP contribution in [-0.2, 0) is 4.79 Å². The second kappa shape index (κ2) is 6.19. The Morgan fingerprint density at radius 1 is 1.22 bits per heavy atom. The highest BCUT2D eigenvalue weighted by Gasteiger charge is 2.22. The summed E-state index contributed by atoms with van der Waals surface area (Å²) >= 11 is 0. The van der Waals surface area contributed by atoms with Crippen LogP contribution in [0.5, 0.6) is 11.5 Å². The molecule has 18 heavy (non-hydrogen) atoms. The fourth-order valence-corrected chi connectivity index (χ4v) is 1.87. The van der Waals surface area contributed by atoms with Gasteiger partial charge in [0.1, 0.15) is 5.78 Å². The van der Waals surface area contributed by atoms with Crippen LogP contribution in [0.3, 0.4) is 0 Å². The van der Waals surface area contributed by atoms with Gasteiger partial charge in [0.15, 0.2) is 17.3 Å². The molecule has 0 bridgehead atoms. The lowest BCUT2D eigenvalue weighted by molar-refractivity contribution is -0.117. The molecule has 0 radical (unpaired) electrons. The quantitative estimate of drug-likeness (QED) is 0.728. The highest BCUT2D eigenvalue weighted by molar-refractivity contribution is 6.02. The fraction of sp³-hybridized carbons (Fsp3) is 0.429. The Morgan fingerprint density at radius 2 is 1.89 bits per heavy atom. The van der Waals surface area contributed by atoms with Crippen LogP contribution in [0.15, 0.2) is 18.2 Å². The second-order valence-corrected chi connectivity index (χ2v) is 4.21. The van der Waals surface area contributed by atoms with Crippen LogP contribution >= 0.6 is 0 Å². The summed E-state index contributed by atoms with van der Waals surface area (Å²) in [5.74, 6) is 0.459. The molecule has 0 aromatic heterocycles. The van der Waals surface area contributed by atoms with Crippen molar-refractivity contribution in [1.82, 2.24) is 0 Å². The van der Waals surface area contributed by atoms with Gasteiger partial charge < -0.3 is 14.3 Å². The third kappa shape index (κ3) is 3.09. The fourth-order valence-electron chi connectivity index (χ4n) is 1.87. The van der Waals surface area contributed by atoms with Crippen molar-refractivity contribution in [3.63, 3.8) is 0 Å². The average molecular weight is 250 g/mol. The van der Waals surface area contributed by atoms with E-state index in [1.165, 1.54) is 21.1 Å². The number of hydrogen-bond acceptors (Lipinski definition) is 4. The first-order chi connectivity index (χ1) is 8.51. The number of para-hydroxylation sites is 1. The van der Waals surface area contributed by atoms with E-state index in [2.05, 4.69) is 0 Å². The molecule has 1 aromatic rings. The summed E-state index contributed by atoms with van der Waals surface area (Å²) in [6, 6.07) is 5.14. The van der Waals surface area contributed by atoms with Gasteiger partial charge in [0, 0.05) is 12.3 Å². The van der Waals surface area contributed by atoms with Crippen molar-refractivity contribution in [2.45, 2.75) is 20.3 Å². The monoisotopic (exact) mass is 250 g/mol. The van der Waals surface area contributed by atoms with E-state index in [1.54, 1.807) is 25.1 Å². The molecule has 0 heterocycles. The van der Waals surface area contributed by atoms with Gasteiger partial charge in [0.25, 0.3) is 0 Å². The first kappa shape index (κ1) is 14.2. The van der Waals surface area contributed by atoms with E-state index < -0.39 is 0 Å². The number of ether oxygens (including phenoxy) is 2. The molecule has 98 valence electrons. The van der Waals surface area contributed by atoms with Crippen molar-refractivity contribution in [2.24, 2.45) is 5.92 Å². The maximum absolute atomic E-state index is 12.2. The molecule has 0 spiro atoms. The van der Waals surface area contributed by atoms with Gasteiger partial charge in [0.2, 0.25) is 0 Å². The highest BCUT2D eigenvalue weighted by Crippen LogP contribution is 2.32. The Morgan fingerprint density at radius 3 is 2.39 bits per heavy atom. The standard InChI is InChI=1S/C14H18O4/c1-9(8-10(2)15)13(16)11-6-5-7-12(17-3)14(11)18-4/h5-7,9H,8H2,1-4H3. The summed E-state index contributed by atoms with van der Waals surface area (Å²) in [6.45, 7) is 3.22. The Bertz CT molecular complexity index is 451. The Balaban J connectivity index is 3.08. The van der Waals surface area contributed by atoms with E-state index in [0.717, 1.165) is 0 Å². The molecular weight excluding hydrogens is 232 g/mol. The second-order valence-electron chi connectivity index (χ2n) is 4.21. The minimum absolute atomic E-state index is 0.00212. The van der Waals surface area contributed by atoms with Crippen LogP contribution in [0, 0.1) is 5.92 Å². The number of Topliss-reactive ketones (excluding diaryl/α,β-unsaturated/α-hetero) is 2. The van der Waals surface area contributed by atoms with Crippen molar-refractivity contribution in [1.29, 1.82) is 0 Å². The minimum Gasteiger partial charge on any atom is -0.493 e. The number of benzene rings is 1. The van der Waals surface area contributed by atoms with Crippen LogP contribution in [0.1, 0.15) is 30.6 Å². The SMILES string of the molecule is COc1cccc(C(=O)C(C)CC(C)=O)c1OC. The Labute approximate surface area is 107 Å². The maximum Gasteiger partial charge on any atom is 0.171 e. The molecule has 4 nitrogen and oxygen atoms in total. The van der Waals surface area contributed by atoms with E-state index in [0.29, 0.717) is 17.1 Å². The molecule has 0 saturated carbocycles. The van der Waals surface area contributed by atoms with Gasteiger partial charge in [-0.2, -0.15) is 0 Å². The maximum atomic E-state index is 12.2. The first-order valence-corrected chi connectivity index (χ1v) is 5.75. The first-order valence-electron chi connectivity index (χ1n) is 5.75. The van der Waals surface area contributed by atoms with Crippen molar-refractivity contribution >= 4 is 11.6 Å². The van der Waals surface area contributed by atoms with Crippen LogP contribution in [-0.4, -0.2) is 25.8 Å². The van der Waals surface area contributed by atoms with Gasteiger partial charge in [-0.05, 0) is 19.1 Å². The van der Waals surface area contributed by atoms with Crippen LogP contribution in [0.4, 0.5) is 0 Å². The smallest absolute Gasteiger partial charge is 0.171 e. The summed E-state index contributed by atoms with van der Waals surface area (Å²) in [6.07, 6.45) is 0.235. The molecule has 4 heteroatoms. The largest absolute Gasteiger partial charge is 0.493 e. The number of hydrogen-bond donors (Lipinski definition) is 0.